The summed E-state index contributed by atoms with van der Waals surface area (Å²) in [6.07, 6.45) is 0.161. The van der Waals surface area contributed by atoms with Gasteiger partial charge in [-0.3, -0.25) is 4.79 Å². The van der Waals surface area contributed by atoms with Crippen molar-refractivity contribution in [1.29, 1.82) is 0 Å². The van der Waals surface area contributed by atoms with E-state index in [0.29, 0.717) is 0 Å². The van der Waals surface area contributed by atoms with E-state index >= 15 is 0 Å². The molecule has 0 radical (unpaired) electrons. The number of rotatable bonds is 5. The van der Waals surface area contributed by atoms with Crippen molar-refractivity contribution in [3.8, 4) is 5.75 Å². The summed E-state index contributed by atoms with van der Waals surface area (Å²) in [6, 6.07) is 7.18. The molecule has 0 aliphatic rings. The first-order valence-corrected chi connectivity index (χ1v) is 9.01. The van der Waals surface area contributed by atoms with E-state index in [0.717, 1.165) is 11.3 Å². The molecule has 1 aromatic carbocycles. The molecule has 17 heavy (non-hydrogen) atoms. The first-order chi connectivity index (χ1) is 7.78. The van der Waals surface area contributed by atoms with Crippen molar-refractivity contribution in [2.45, 2.75) is 32.1 Å². The fourth-order valence-corrected chi connectivity index (χ4v) is 2.31. The van der Waals surface area contributed by atoms with Crippen molar-refractivity contribution >= 4 is 14.2 Å². The van der Waals surface area contributed by atoms with E-state index in [4.69, 9.17) is 15.9 Å². The zero-order valence-corrected chi connectivity index (χ0v) is 11.6. The average molecular weight is 252 g/mol. The van der Waals surface area contributed by atoms with Gasteiger partial charge < -0.3 is 15.9 Å². The highest BCUT2D eigenvalue weighted by atomic mass is 28.4. The summed E-state index contributed by atoms with van der Waals surface area (Å²) in [7, 11) is -1.57. The monoisotopic (exact) mass is 252 g/mol. The van der Waals surface area contributed by atoms with Gasteiger partial charge in [0, 0.05) is 12.5 Å². The Kier molecular flexibility index (Phi) is 4.31. The molecule has 0 saturated heterocycles. The Morgan fingerprint density at radius 2 is 1.82 bits per heavy atom. The van der Waals surface area contributed by atoms with Gasteiger partial charge in [-0.25, -0.2) is 0 Å². The van der Waals surface area contributed by atoms with Gasteiger partial charge in [0.1, 0.15) is 5.75 Å². The lowest BCUT2D eigenvalue weighted by molar-refractivity contribution is -0.118. The predicted octanol–water partition coefficient (Wildman–Crippen LogP) is 1.78. The normalized spacial score (nSPS) is 13.2. The van der Waals surface area contributed by atoms with Crippen LogP contribution in [0.4, 0.5) is 0 Å². The van der Waals surface area contributed by atoms with Crippen LogP contribution in [0.1, 0.15) is 18.0 Å². The maximum atomic E-state index is 10.8. The molecule has 0 aliphatic carbocycles. The van der Waals surface area contributed by atoms with Crippen LogP contribution < -0.4 is 15.9 Å². The molecule has 1 aromatic rings. The summed E-state index contributed by atoms with van der Waals surface area (Å²) in [5.74, 6) is 0.458. The fourth-order valence-electron chi connectivity index (χ4n) is 1.47. The Hall–Kier alpha value is -1.33. The van der Waals surface area contributed by atoms with Crippen molar-refractivity contribution < 1.29 is 9.22 Å². The molecule has 94 valence electrons. The molecule has 0 aromatic heterocycles. The second kappa shape index (κ2) is 5.33. The van der Waals surface area contributed by atoms with Gasteiger partial charge in [0.25, 0.3) is 0 Å². The van der Waals surface area contributed by atoms with E-state index in [1.165, 1.54) is 0 Å². The van der Waals surface area contributed by atoms with Crippen LogP contribution in [0.15, 0.2) is 24.3 Å². The number of hydrogen-bond acceptors (Lipinski definition) is 3. The molecule has 5 heteroatoms. The van der Waals surface area contributed by atoms with Crippen LogP contribution in [-0.2, 0) is 4.79 Å². The zero-order valence-electron chi connectivity index (χ0n) is 10.6. The van der Waals surface area contributed by atoms with Gasteiger partial charge in [0.05, 0.1) is 0 Å². The Balaban J connectivity index is 2.71. The molecular weight excluding hydrogens is 232 g/mol. The van der Waals surface area contributed by atoms with Gasteiger partial charge in [-0.1, -0.05) is 12.1 Å². The molecule has 0 aliphatic heterocycles. The molecule has 1 rings (SSSR count). The maximum Gasteiger partial charge on any atom is 0.242 e. The Morgan fingerprint density at radius 3 is 2.24 bits per heavy atom. The maximum absolute atomic E-state index is 10.8. The van der Waals surface area contributed by atoms with E-state index in [2.05, 4.69) is 19.6 Å². The molecule has 0 heterocycles. The van der Waals surface area contributed by atoms with Gasteiger partial charge >= 0.3 is 0 Å². The van der Waals surface area contributed by atoms with Gasteiger partial charge in [-0.2, -0.15) is 0 Å². The second-order valence-electron chi connectivity index (χ2n) is 5.06. The number of primary amides is 1. The molecule has 0 fully saturated rings. The topological polar surface area (TPSA) is 78.3 Å². The quantitative estimate of drug-likeness (QED) is 0.784. The number of amides is 1. The zero-order chi connectivity index (χ0) is 13.1. The molecule has 4 N–H and O–H groups in total. The van der Waals surface area contributed by atoms with Crippen LogP contribution in [-0.4, -0.2) is 14.2 Å². The van der Waals surface area contributed by atoms with Gasteiger partial charge in [0.15, 0.2) is 0 Å². The molecule has 0 spiro atoms. The van der Waals surface area contributed by atoms with Crippen LogP contribution in [0.25, 0.3) is 0 Å². The summed E-state index contributed by atoms with van der Waals surface area (Å²) in [6.45, 7) is 6.37. The molecule has 4 nitrogen and oxygen atoms in total. The predicted molar refractivity (Wildman–Crippen MR) is 71.2 cm³/mol. The van der Waals surface area contributed by atoms with Gasteiger partial charge in [0.2, 0.25) is 14.2 Å². The lowest BCUT2D eigenvalue weighted by Gasteiger charge is -2.19. The molecule has 1 amide bonds. The number of carbonyl (C=O) groups is 1. The SMILES string of the molecule is C[Si](C)(C)Oc1ccc(C(N)CC(N)=O)cc1. The van der Waals surface area contributed by atoms with Crippen molar-refractivity contribution in [2.24, 2.45) is 11.5 Å². The van der Waals surface area contributed by atoms with Crippen LogP contribution in [0.2, 0.25) is 19.6 Å². The van der Waals surface area contributed by atoms with Crippen molar-refractivity contribution in [1.82, 2.24) is 0 Å². The fraction of sp³-hybridized carbons (Fsp3) is 0.417. The smallest absolute Gasteiger partial charge is 0.242 e. The minimum atomic E-state index is -1.57. The standard InChI is InChI=1S/C12H20N2O2Si/c1-17(2,3)16-10-6-4-9(5-7-10)11(13)8-12(14)15/h4-7,11H,8,13H2,1-3H3,(H2,14,15). The van der Waals surface area contributed by atoms with Crippen molar-refractivity contribution in [3.63, 3.8) is 0 Å². The number of nitrogens with two attached hydrogens (primary N) is 2. The summed E-state index contributed by atoms with van der Waals surface area (Å²) < 4.78 is 5.82. The largest absolute Gasteiger partial charge is 0.544 e. The van der Waals surface area contributed by atoms with E-state index in [9.17, 15) is 4.79 Å². The molecule has 1 atom stereocenters. The highest BCUT2D eigenvalue weighted by molar-refractivity contribution is 6.70. The molecule has 1 unspecified atom stereocenters. The lowest BCUT2D eigenvalue weighted by atomic mass is 10.0. The summed E-state index contributed by atoms with van der Waals surface area (Å²) in [4.78, 5) is 10.8. The van der Waals surface area contributed by atoms with Gasteiger partial charge in [-0.15, -0.1) is 0 Å². The minimum Gasteiger partial charge on any atom is -0.544 e. The van der Waals surface area contributed by atoms with Crippen LogP contribution in [0.3, 0.4) is 0 Å². The Bertz CT molecular complexity index is 384. The second-order valence-corrected chi connectivity index (χ2v) is 9.49. The third-order valence-corrected chi connectivity index (χ3v) is 3.00. The van der Waals surface area contributed by atoms with Crippen LogP contribution in [0.5, 0.6) is 5.75 Å². The Labute approximate surface area is 103 Å². The number of carbonyl (C=O) groups excluding carboxylic acids is 1. The average Bonchev–Trinajstić information content (AvgIpc) is 2.15. The van der Waals surface area contributed by atoms with E-state index in [-0.39, 0.29) is 18.4 Å². The third-order valence-electron chi connectivity index (χ3n) is 2.15. The van der Waals surface area contributed by atoms with Gasteiger partial charge in [-0.05, 0) is 37.3 Å². The first kappa shape index (κ1) is 13.7. The molecule has 0 bridgehead atoms. The highest BCUT2D eigenvalue weighted by Crippen LogP contribution is 2.20. The van der Waals surface area contributed by atoms with Crippen LogP contribution >= 0.6 is 0 Å². The van der Waals surface area contributed by atoms with E-state index < -0.39 is 8.32 Å². The molecule has 0 saturated carbocycles. The Morgan fingerprint density at radius 1 is 1.29 bits per heavy atom. The number of benzene rings is 1. The summed E-state index contributed by atoms with van der Waals surface area (Å²) >= 11 is 0. The summed E-state index contributed by atoms with van der Waals surface area (Å²) in [5.41, 5.74) is 11.8. The lowest BCUT2D eigenvalue weighted by Crippen LogP contribution is -2.29. The summed E-state index contributed by atoms with van der Waals surface area (Å²) in [5, 5.41) is 0. The number of hydrogen-bond donors (Lipinski definition) is 2. The van der Waals surface area contributed by atoms with E-state index in [1.807, 2.05) is 24.3 Å². The van der Waals surface area contributed by atoms with Crippen molar-refractivity contribution in [3.05, 3.63) is 29.8 Å². The minimum absolute atomic E-state index is 0.161. The first-order valence-electron chi connectivity index (χ1n) is 5.61. The van der Waals surface area contributed by atoms with Crippen molar-refractivity contribution in [2.75, 3.05) is 0 Å². The third kappa shape index (κ3) is 5.01. The highest BCUT2D eigenvalue weighted by Gasteiger charge is 2.16. The molecular formula is C12H20N2O2Si. The van der Waals surface area contributed by atoms with E-state index in [1.54, 1.807) is 0 Å². The van der Waals surface area contributed by atoms with Crippen LogP contribution in [0, 0.1) is 0 Å².